The van der Waals surface area contributed by atoms with Gasteiger partial charge in [-0.2, -0.15) is 0 Å². The molecule has 1 aromatic carbocycles. The number of para-hydroxylation sites is 1. The van der Waals surface area contributed by atoms with E-state index in [1.54, 1.807) is 24.3 Å². The summed E-state index contributed by atoms with van der Waals surface area (Å²) in [5.74, 6) is -0.373. The topological polar surface area (TPSA) is 60.4 Å². The van der Waals surface area contributed by atoms with Crippen molar-refractivity contribution >= 4 is 15.8 Å². The first-order valence-corrected chi connectivity index (χ1v) is 5.95. The molecule has 4 nitrogen and oxygen atoms in total. The van der Waals surface area contributed by atoms with Crippen molar-refractivity contribution in [1.29, 1.82) is 0 Å². The van der Waals surface area contributed by atoms with Crippen molar-refractivity contribution in [3.63, 3.8) is 0 Å². The van der Waals surface area contributed by atoms with E-state index in [0.717, 1.165) is 6.26 Å². The molecule has 1 unspecified atom stereocenters. The maximum Gasteiger partial charge on any atom is 0.334 e. The minimum atomic E-state index is -3.44. The van der Waals surface area contributed by atoms with Crippen LogP contribution in [0.4, 0.5) is 0 Å². The lowest BCUT2D eigenvalue weighted by molar-refractivity contribution is -0.132. The Bertz CT molecular complexity index is 489. The minimum absolute atomic E-state index is 0.341. The second-order valence-electron chi connectivity index (χ2n) is 3.17. The maximum atomic E-state index is 11.3. The number of fused-ring (bicyclic) bond motifs is 1. The molecule has 0 fully saturated rings. The zero-order chi connectivity index (χ0) is 10.3. The highest BCUT2D eigenvalue weighted by atomic mass is 32.2. The van der Waals surface area contributed by atoms with Crippen LogP contribution in [0.5, 0.6) is 5.75 Å². The first-order valence-electron chi connectivity index (χ1n) is 3.99. The Balaban J connectivity index is 2.61. The van der Waals surface area contributed by atoms with E-state index in [1.807, 2.05) is 0 Å². The molecule has 0 aliphatic carbocycles. The van der Waals surface area contributed by atoms with Gasteiger partial charge >= 0.3 is 5.97 Å². The standard InChI is InChI=1S/C9H8O4S/c1-14(11,12)8-6-4-2-3-5-7(6)13-9(8)10/h2-5,8H,1H3. The molecule has 0 saturated heterocycles. The Hall–Kier alpha value is -1.36. The first-order chi connectivity index (χ1) is 6.50. The molecular formula is C9H8O4S. The lowest BCUT2D eigenvalue weighted by atomic mass is 10.2. The summed E-state index contributed by atoms with van der Waals surface area (Å²) in [6.45, 7) is 0. The summed E-state index contributed by atoms with van der Waals surface area (Å²) in [5, 5.41) is -1.15. The van der Waals surface area contributed by atoms with Gasteiger partial charge in [0.15, 0.2) is 15.1 Å². The molecule has 2 rings (SSSR count). The second-order valence-corrected chi connectivity index (χ2v) is 5.30. The van der Waals surface area contributed by atoms with Gasteiger partial charge in [-0.05, 0) is 6.07 Å². The molecule has 0 amide bonds. The zero-order valence-electron chi connectivity index (χ0n) is 7.43. The van der Waals surface area contributed by atoms with Crippen LogP contribution >= 0.6 is 0 Å². The number of benzene rings is 1. The second kappa shape index (κ2) is 2.81. The van der Waals surface area contributed by atoms with E-state index in [9.17, 15) is 13.2 Å². The van der Waals surface area contributed by atoms with Gasteiger partial charge in [-0.15, -0.1) is 0 Å². The SMILES string of the molecule is CS(=O)(=O)C1C(=O)Oc2ccccc21. The molecule has 0 spiro atoms. The third-order valence-electron chi connectivity index (χ3n) is 2.05. The Morgan fingerprint density at radius 3 is 2.57 bits per heavy atom. The molecule has 1 heterocycles. The summed E-state index contributed by atoms with van der Waals surface area (Å²) < 4.78 is 27.4. The van der Waals surface area contributed by atoms with Crippen molar-refractivity contribution in [2.75, 3.05) is 6.26 Å². The van der Waals surface area contributed by atoms with Crippen LogP contribution in [0.2, 0.25) is 0 Å². The minimum Gasteiger partial charge on any atom is -0.425 e. The molecule has 0 radical (unpaired) electrons. The summed E-state index contributed by atoms with van der Waals surface area (Å²) in [6, 6.07) is 6.54. The highest BCUT2D eigenvalue weighted by molar-refractivity contribution is 7.91. The Labute approximate surface area is 81.4 Å². The van der Waals surface area contributed by atoms with Gasteiger partial charge < -0.3 is 4.74 Å². The molecule has 1 aromatic rings. The van der Waals surface area contributed by atoms with Crippen LogP contribution in [0.3, 0.4) is 0 Å². The van der Waals surface area contributed by atoms with Gasteiger partial charge in [0.2, 0.25) is 0 Å². The van der Waals surface area contributed by atoms with Crippen LogP contribution in [-0.2, 0) is 14.6 Å². The van der Waals surface area contributed by atoms with Crippen molar-refractivity contribution in [3.05, 3.63) is 29.8 Å². The number of ether oxygens (including phenoxy) is 1. The van der Waals surface area contributed by atoms with E-state index >= 15 is 0 Å². The average molecular weight is 212 g/mol. The van der Waals surface area contributed by atoms with Gasteiger partial charge in [0, 0.05) is 11.8 Å². The van der Waals surface area contributed by atoms with E-state index in [4.69, 9.17) is 4.74 Å². The number of esters is 1. The molecule has 0 saturated carbocycles. The van der Waals surface area contributed by atoms with E-state index < -0.39 is 21.1 Å². The number of carbonyl (C=O) groups excluding carboxylic acids is 1. The molecule has 0 N–H and O–H groups in total. The van der Waals surface area contributed by atoms with Gasteiger partial charge in [0.05, 0.1) is 0 Å². The van der Waals surface area contributed by atoms with Crippen LogP contribution < -0.4 is 4.74 Å². The summed E-state index contributed by atoms with van der Waals surface area (Å²) in [6.07, 6.45) is 1.03. The van der Waals surface area contributed by atoms with Crippen LogP contribution in [0.25, 0.3) is 0 Å². The summed E-state index contributed by atoms with van der Waals surface area (Å²) >= 11 is 0. The number of carbonyl (C=O) groups is 1. The molecule has 0 bridgehead atoms. The number of sulfone groups is 1. The highest BCUT2D eigenvalue weighted by Crippen LogP contribution is 2.37. The normalized spacial score (nSPS) is 20.4. The third-order valence-corrected chi connectivity index (χ3v) is 3.36. The van der Waals surface area contributed by atoms with E-state index in [-0.39, 0.29) is 0 Å². The monoisotopic (exact) mass is 212 g/mol. The summed E-state index contributed by atoms with van der Waals surface area (Å²) in [4.78, 5) is 11.3. The molecule has 74 valence electrons. The number of hydrogen-bond acceptors (Lipinski definition) is 4. The summed E-state index contributed by atoms with van der Waals surface area (Å²) in [5.41, 5.74) is 0.431. The lowest BCUT2D eigenvalue weighted by Gasteiger charge is -2.02. The first kappa shape index (κ1) is 9.21. The number of hydrogen-bond donors (Lipinski definition) is 0. The van der Waals surface area contributed by atoms with Crippen LogP contribution in [0.1, 0.15) is 10.8 Å². The highest BCUT2D eigenvalue weighted by Gasteiger charge is 2.40. The molecule has 1 atom stereocenters. The predicted octanol–water partition coefficient (Wildman–Crippen LogP) is 0.691. The van der Waals surface area contributed by atoms with Gasteiger partial charge in [-0.3, -0.25) is 0 Å². The van der Waals surface area contributed by atoms with Crippen LogP contribution in [-0.4, -0.2) is 20.6 Å². The van der Waals surface area contributed by atoms with E-state index in [2.05, 4.69) is 0 Å². The molecule has 1 aliphatic heterocycles. The van der Waals surface area contributed by atoms with Crippen molar-refractivity contribution in [3.8, 4) is 5.75 Å². The number of rotatable bonds is 1. The zero-order valence-corrected chi connectivity index (χ0v) is 8.24. The van der Waals surface area contributed by atoms with Crippen molar-refractivity contribution in [2.45, 2.75) is 5.25 Å². The van der Waals surface area contributed by atoms with Crippen LogP contribution in [0.15, 0.2) is 24.3 Å². The largest absolute Gasteiger partial charge is 0.425 e. The quantitative estimate of drug-likeness (QED) is 0.507. The van der Waals surface area contributed by atoms with Crippen molar-refractivity contribution in [2.24, 2.45) is 0 Å². The third kappa shape index (κ3) is 1.29. The maximum absolute atomic E-state index is 11.3. The molecule has 0 aromatic heterocycles. The Morgan fingerprint density at radius 1 is 1.29 bits per heavy atom. The molecule has 1 aliphatic rings. The fourth-order valence-electron chi connectivity index (χ4n) is 1.48. The Kier molecular flexibility index (Phi) is 1.85. The summed E-state index contributed by atoms with van der Waals surface area (Å²) in [7, 11) is -3.44. The van der Waals surface area contributed by atoms with Crippen molar-refractivity contribution in [1.82, 2.24) is 0 Å². The molecule has 5 heteroatoms. The molecule has 14 heavy (non-hydrogen) atoms. The Morgan fingerprint density at radius 2 is 1.93 bits per heavy atom. The average Bonchev–Trinajstić information content (AvgIpc) is 2.38. The lowest BCUT2D eigenvalue weighted by Crippen LogP contribution is -2.18. The fourth-order valence-corrected chi connectivity index (χ4v) is 2.54. The van der Waals surface area contributed by atoms with Gasteiger partial charge in [0.25, 0.3) is 0 Å². The van der Waals surface area contributed by atoms with Crippen LogP contribution in [0, 0.1) is 0 Å². The molecular weight excluding hydrogens is 204 g/mol. The van der Waals surface area contributed by atoms with E-state index in [0.29, 0.717) is 11.3 Å². The van der Waals surface area contributed by atoms with Crippen molar-refractivity contribution < 1.29 is 17.9 Å². The smallest absolute Gasteiger partial charge is 0.334 e. The van der Waals surface area contributed by atoms with Gasteiger partial charge in [-0.1, -0.05) is 18.2 Å². The fraction of sp³-hybridized carbons (Fsp3) is 0.222. The van der Waals surface area contributed by atoms with Gasteiger partial charge in [-0.25, -0.2) is 13.2 Å². The van der Waals surface area contributed by atoms with Gasteiger partial charge in [0.1, 0.15) is 5.75 Å². The van der Waals surface area contributed by atoms with E-state index in [1.165, 1.54) is 0 Å². The predicted molar refractivity (Wildman–Crippen MR) is 49.7 cm³/mol.